The zero-order valence-electron chi connectivity index (χ0n) is 20.8. The van der Waals surface area contributed by atoms with Crippen molar-refractivity contribution in [2.45, 2.75) is 13.5 Å². The van der Waals surface area contributed by atoms with E-state index in [0.717, 1.165) is 5.56 Å². The SMILES string of the molecule is Cc1oc2ccc(OCc3ccccc3)cc2c1C(=O)Oc1ccc2c(c1)O/C(=C\c1cccc(F)c1)C2=O. The van der Waals surface area contributed by atoms with Crippen molar-refractivity contribution in [3.63, 3.8) is 0 Å². The van der Waals surface area contributed by atoms with Crippen LogP contribution < -0.4 is 14.2 Å². The molecule has 0 spiro atoms. The Morgan fingerprint density at radius 1 is 0.923 bits per heavy atom. The molecular formula is C32H21FO6. The summed E-state index contributed by atoms with van der Waals surface area (Å²) in [5.74, 6) is 0.115. The van der Waals surface area contributed by atoms with Gasteiger partial charge in [-0.05, 0) is 66.6 Å². The average molecular weight is 521 g/mol. The number of aryl methyl sites for hydroxylation is 1. The Morgan fingerprint density at radius 3 is 2.56 bits per heavy atom. The molecule has 0 radical (unpaired) electrons. The summed E-state index contributed by atoms with van der Waals surface area (Å²) in [5.41, 5.74) is 2.64. The lowest BCUT2D eigenvalue weighted by atomic mass is 10.1. The molecular weight excluding hydrogens is 499 g/mol. The second kappa shape index (κ2) is 9.95. The minimum absolute atomic E-state index is 0.0544. The summed E-state index contributed by atoms with van der Waals surface area (Å²) in [6.45, 7) is 2.07. The van der Waals surface area contributed by atoms with Crippen LogP contribution in [-0.2, 0) is 6.61 Å². The van der Waals surface area contributed by atoms with Crippen LogP contribution in [-0.4, -0.2) is 11.8 Å². The molecule has 6 rings (SSSR count). The van der Waals surface area contributed by atoms with Crippen molar-refractivity contribution < 1.29 is 32.6 Å². The van der Waals surface area contributed by atoms with Crippen LogP contribution in [0.4, 0.5) is 4.39 Å². The van der Waals surface area contributed by atoms with Crippen molar-refractivity contribution in [1.29, 1.82) is 0 Å². The number of benzene rings is 4. The summed E-state index contributed by atoms with van der Waals surface area (Å²) in [4.78, 5) is 26.0. The largest absolute Gasteiger partial charge is 0.489 e. The number of ketones is 1. The minimum atomic E-state index is -0.619. The van der Waals surface area contributed by atoms with E-state index in [1.54, 1.807) is 37.3 Å². The monoisotopic (exact) mass is 520 g/mol. The third-order valence-electron chi connectivity index (χ3n) is 6.29. The van der Waals surface area contributed by atoms with Gasteiger partial charge in [0.25, 0.3) is 0 Å². The molecule has 1 aromatic heterocycles. The fourth-order valence-corrected chi connectivity index (χ4v) is 4.42. The smallest absolute Gasteiger partial charge is 0.347 e. The van der Waals surface area contributed by atoms with Gasteiger partial charge in [-0.25, -0.2) is 9.18 Å². The zero-order chi connectivity index (χ0) is 26.9. The van der Waals surface area contributed by atoms with E-state index >= 15 is 0 Å². The van der Waals surface area contributed by atoms with Crippen molar-refractivity contribution in [3.8, 4) is 17.2 Å². The third kappa shape index (κ3) is 4.90. The van der Waals surface area contributed by atoms with Gasteiger partial charge in [-0.3, -0.25) is 4.79 Å². The number of fused-ring (bicyclic) bond motifs is 2. The van der Waals surface area contributed by atoms with Crippen molar-refractivity contribution >= 4 is 28.8 Å². The van der Waals surface area contributed by atoms with E-state index in [1.807, 2.05) is 30.3 Å². The van der Waals surface area contributed by atoms with E-state index in [0.29, 0.717) is 40.2 Å². The van der Waals surface area contributed by atoms with E-state index in [-0.39, 0.29) is 28.6 Å². The van der Waals surface area contributed by atoms with Crippen molar-refractivity contribution in [2.75, 3.05) is 0 Å². The van der Waals surface area contributed by atoms with Crippen LogP contribution in [0.15, 0.2) is 101 Å². The number of ether oxygens (including phenoxy) is 3. The fraction of sp³-hybridized carbons (Fsp3) is 0.0625. The van der Waals surface area contributed by atoms with Gasteiger partial charge in [-0.15, -0.1) is 0 Å². The molecule has 5 aromatic rings. The van der Waals surface area contributed by atoms with Gasteiger partial charge in [0.15, 0.2) is 5.76 Å². The molecule has 1 aliphatic heterocycles. The first kappa shape index (κ1) is 24.2. The molecule has 0 N–H and O–H groups in total. The molecule has 0 unspecified atom stereocenters. The van der Waals surface area contributed by atoms with Gasteiger partial charge in [0, 0.05) is 11.5 Å². The lowest BCUT2D eigenvalue weighted by Crippen LogP contribution is -2.09. The Bertz CT molecular complexity index is 1770. The second-order valence-electron chi connectivity index (χ2n) is 9.01. The Labute approximate surface area is 222 Å². The molecule has 39 heavy (non-hydrogen) atoms. The van der Waals surface area contributed by atoms with E-state index in [9.17, 15) is 14.0 Å². The first-order valence-electron chi connectivity index (χ1n) is 12.2. The van der Waals surface area contributed by atoms with Crippen LogP contribution in [0.1, 0.15) is 37.6 Å². The minimum Gasteiger partial charge on any atom is -0.489 e. The summed E-state index contributed by atoms with van der Waals surface area (Å²) in [6, 6.07) is 25.4. The summed E-state index contributed by atoms with van der Waals surface area (Å²) in [7, 11) is 0. The molecule has 0 aliphatic carbocycles. The molecule has 4 aromatic carbocycles. The van der Waals surface area contributed by atoms with Crippen molar-refractivity contribution in [2.24, 2.45) is 0 Å². The van der Waals surface area contributed by atoms with Crippen LogP contribution in [0.2, 0.25) is 0 Å². The molecule has 0 saturated heterocycles. The lowest BCUT2D eigenvalue weighted by molar-refractivity contribution is 0.0734. The molecule has 0 amide bonds. The van der Waals surface area contributed by atoms with Gasteiger partial charge in [0.2, 0.25) is 5.78 Å². The molecule has 0 atom stereocenters. The molecule has 0 bridgehead atoms. The highest BCUT2D eigenvalue weighted by atomic mass is 19.1. The maximum atomic E-state index is 13.5. The van der Waals surface area contributed by atoms with Gasteiger partial charge in [-0.2, -0.15) is 0 Å². The molecule has 2 heterocycles. The molecule has 192 valence electrons. The summed E-state index contributed by atoms with van der Waals surface area (Å²) >= 11 is 0. The highest BCUT2D eigenvalue weighted by molar-refractivity contribution is 6.14. The van der Waals surface area contributed by atoms with Gasteiger partial charge in [0.05, 0.1) is 5.56 Å². The van der Waals surface area contributed by atoms with Crippen molar-refractivity contribution in [1.82, 2.24) is 0 Å². The Morgan fingerprint density at radius 2 is 1.74 bits per heavy atom. The summed E-state index contributed by atoms with van der Waals surface area (Å²) < 4.78 is 36.6. The number of carbonyl (C=O) groups is 2. The van der Waals surface area contributed by atoms with E-state index in [4.69, 9.17) is 18.6 Å². The molecule has 0 saturated carbocycles. The number of Topliss-reactive ketones (excluding diaryl/α,β-unsaturated/α-hetero) is 1. The maximum absolute atomic E-state index is 13.5. The average Bonchev–Trinajstić information content (AvgIpc) is 3.42. The van der Waals surface area contributed by atoms with Crippen LogP contribution in [0.25, 0.3) is 17.0 Å². The van der Waals surface area contributed by atoms with Gasteiger partial charge >= 0.3 is 5.97 Å². The van der Waals surface area contributed by atoms with Gasteiger partial charge < -0.3 is 18.6 Å². The number of carbonyl (C=O) groups excluding carboxylic acids is 2. The standard InChI is InChI=1S/C32H21FO6/c1-19-30(26-16-23(11-13-27(26)37-19)36-18-20-6-3-2-4-7-20)32(35)38-24-10-12-25-28(17-24)39-29(31(25)34)15-21-8-5-9-22(33)14-21/h2-17H,18H2,1H3/b29-15-. The predicted molar refractivity (Wildman–Crippen MR) is 142 cm³/mol. The van der Waals surface area contributed by atoms with Crippen molar-refractivity contribution in [3.05, 3.63) is 131 Å². The number of esters is 1. The molecule has 6 nitrogen and oxygen atoms in total. The fourth-order valence-electron chi connectivity index (χ4n) is 4.42. The van der Waals surface area contributed by atoms with E-state index in [2.05, 4.69) is 0 Å². The predicted octanol–water partition coefficient (Wildman–Crippen LogP) is 7.29. The van der Waals surface area contributed by atoms with Gasteiger partial charge in [0.1, 0.15) is 46.6 Å². The normalized spacial score (nSPS) is 13.4. The van der Waals surface area contributed by atoms with Crippen LogP contribution in [0.5, 0.6) is 17.2 Å². The first-order valence-corrected chi connectivity index (χ1v) is 12.2. The summed E-state index contributed by atoms with van der Waals surface area (Å²) in [5, 5.41) is 0.566. The Hall–Kier alpha value is -5.17. The Kier molecular flexibility index (Phi) is 6.17. The molecule has 7 heteroatoms. The number of allylic oxidation sites excluding steroid dienone is 1. The lowest BCUT2D eigenvalue weighted by Gasteiger charge is -2.07. The van der Waals surface area contributed by atoms with E-state index < -0.39 is 11.8 Å². The topological polar surface area (TPSA) is 75.0 Å². The maximum Gasteiger partial charge on any atom is 0.347 e. The van der Waals surface area contributed by atoms with Gasteiger partial charge in [-0.1, -0.05) is 42.5 Å². The van der Waals surface area contributed by atoms with Crippen LogP contribution in [0.3, 0.4) is 0 Å². The second-order valence-corrected chi connectivity index (χ2v) is 9.01. The number of halogens is 1. The van der Waals surface area contributed by atoms with Crippen LogP contribution >= 0.6 is 0 Å². The summed E-state index contributed by atoms with van der Waals surface area (Å²) in [6.07, 6.45) is 1.47. The number of hydrogen-bond donors (Lipinski definition) is 0. The highest BCUT2D eigenvalue weighted by Gasteiger charge is 2.29. The zero-order valence-corrected chi connectivity index (χ0v) is 20.8. The quantitative estimate of drug-likeness (QED) is 0.133. The Balaban J connectivity index is 1.22. The number of furan rings is 1. The third-order valence-corrected chi connectivity index (χ3v) is 6.29. The molecule has 0 fully saturated rings. The first-order chi connectivity index (χ1) is 18.9. The van der Waals surface area contributed by atoms with E-state index in [1.165, 1.54) is 36.4 Å². The van der Waals surface area contributed by atoms with Crippen LogP contribution in [0, 0.1) is 12.7 Å². The number of rotatable bonds is 6. The molecule has 1 aliphatic rings. The highest BCUT2D eigenvalue weighted by Crippen LogP contribution is 2.36. The number of hydrogen-bond acceptors (Lipinski definition) is 6.